The molecule has 0 unspecified atom stereocenters. The van der Waals surface area contributed by atoms with Crippen LogP contribution in [0.1, 0.15) is 89.1 Å². The van der Waals surface area contributed by atoms with Gasteiger partial charge in [0.2, 0.25) is 0 Å². The fourth-order valence-corrected chi connectivity index (χ4v) is 4.29. The molecule has 1 atom stereocenters. The fourth-order valence-electron chi connectivity index (χ4n) is 4.29. The quantitative estimate of drug-likeness (QED) is 0.726. The maximum Gasteiger partial charge on any atom is 0.0306 e. The van der Waals surface area contributed by atoms with E-state index in [1.165, 1.54) is 24.0 Å². The van der Waals surface area contributed by atoms with Gasteiger partial charge in [-0.15, -0.1) is 0 Å². The summed E-state index contributed by atoms with van der Waals surface area (Å²) in [4.78, 5) is 0. The first-order chi connectivity index (χ1) is 9.05. The number of nitrogens with two attached hydrogens (primary N) is 1. The monoisotopic (exact) mass is 271 g/mol. The van der Waals surface area contributed by atoms with Crippen LogP contribution in [0, 0.1) is 0 Å². The van der Waals surface area contributed by atoms with Gasteiger partial charge >= 0.3 is 0 Å². The molecule has 1 heteroatoms. The molecule has 0 saturated carbocycles. The Balaban J connectivity index is 2.28. The number of benzene rings is 1. The summed E-state index contributed by atoms with van der Waals surface area (Å²) in [5.74, 6) is 0. The van der Waals surface area contributed by atoms with Crippen molar-refractivity contribution in [2.45, 2.75) is 83.1 Å². The lowest BCUT2D eigenvalue weighted by Gasteiger charge is -2.42. The Morgan fingerprint density at radius 3 is 1.85 bits per heavy atom. The molecule has 0 radical (unpaired) electrons. The molecule has 1 aromatic carbocycles. The molecule has 20 heavy (non-hydrogen) atoms. The van der Waals surface area contributed by atoms with E-state index in [1.54, 1.807) is 11.1 Å². The zero-order chi connectivity index (χ0) is 14.9. The van der Waals surface area contributed by atoms with Crippen LogP contribution in [-0.2, 0) is 16.2 Å². The molecule has 0 amide bonds. The lowest BCUT2D eigenvalue weighted by atomic mass is 9.62. The van der Waals surface area contributed by atoms with Crippen molar-refractivity contribution in [3.8, 4) is 0 Å². The Bertz CT molecular complexity index is 563. The molecule has 0 aromatic heterocycles. The zero-order valence-electron chi connectivity index (χ0n) is 13.9. The highest BCUT2D eigenvalue weighted by Crippen LogP contribution is 2.51. The van der Waals surface area contributed by atoms with Crippen molar-refractivity contribution in [1.82, 2.24) is 0 Å². The molecule has 2 aliphatic carbocycles. The number of hydrogen-bond donors (Lipinski definition) is 1. The van der Waals surface area contributed by atoms with Crippen LogP contribution >= 0.6 is 0 Å². The molecule has 0 bridgehead atoms. The normalized spacial score (nSPS) is 28.9. The third-order valence-electron chi connectivity index (χ3n) is 5.88. The van der Waals surface area contributed by atoms with E-state index in [4.69, 9.17) is 5.73 Å². The topological polar surface area (TPSA) is 26.0 Å². The zero-order valence-corrected chi connectivity index (χ0v) is 13.9. The molecular weight excluding hydrogens is 242 g/mol. The summed E-state index contributed by atoms with van der Waals surface area (Å²) in [6.07, 6.45) is 3.62. The van der Waals surface area contributed by atoms with E-state index in [2.05, 4.69) is 53.7 Å². The van der Waals surface area contributed by atoms with E-state index in [9.17, 15) is 0 Å². The molecule has 1 nitrogen and oxygen atoms in total. The molecule has 3 rings (SSSR count). The number of hydrogen-bond acceptors (Lipinski definition) is 1. The molecule has 2 aliphatic rings. The predicted molar refractivity (Wildman–Crippen MR) is 86.3 cm³/mol. The van der Waals surface area contributed by atoms with Gasteiger partial charge in [-0.3, -0.25) is 0 Å². The average molecular weight is 271 g/mol. The minimum absolute atomic E-state index is 0.214. The van der Waals surface area contributed by atoms with Crippen molar-refractivity contribution < 1.29 is 0 Å². The van der Waals surface area contributed by atoms with Crippen LogP contribution in [0.2, 0.25) is 0 Å². The second-order valence-electron chi connectivity index (χ2n) is 8.95. The van der Waals surface area contributed by atoms with Crippen LogP contribution in [0.4, 0.5) is 0 Å². The van der Waals surface area contributed by atoms with Gasteiger partial charge < -0.3 is 5.73 Å². The van der Waals surface area contributed by atoms with Gasteiger partial charge in [0, 0.05) is 6.04 Å². The molecule has 1 aromatic rings. The van der Waals surface area contributed by atoms with Gasteiger partial charge in [-0.25, -0.2) is 0 Å². The van der Waals surface area contributed by atoms with Crippen LogP contribution < -0.4 is 5.73 Å². The van der Waals surface area contributed by atoms with E-state index in [1.807, 2.05) is 0 Å². The van der Waals surface area contributed by atoms with Crippen molar-refractivity contribution >= 4 is 0 Å². The summed E-state index contributed by atoms with van der Waals surface area (Å²) < 4.78 is 0. The van der Waals surface area contributed by atoms with Crippen molar-refractivity contribution in [3.63, 3.8) is 0 Å². The molecule has 0 fully saturated rings. The van der Waals surface area contributed by atoms with Crippen LogP contribution in [0.3, 0.4) is 0 Å². The summed E-state index contributed by atoms with van der Waals surface area (Å²) in [5, 5.41) is 0. The van der Waals surface area contributed by atoms with E-state index < -0.39 is 0 Å². The Morgan fingerprint density at radius 2 is 1.30 bits per heavy atom. The summed E-state index contributed by atoms with van der Waals surface area (Å²) in [5.41, 5.74) is 13.2. The maximum atomic E-state index is 6.41. The molecule has 2 N–H and O–H groups in total. The fraction of sp³-hybridized carbons (Fsp3) is 0.684. The first kappa shape index (κ1) is 14.1. The standard InChI is InChI=1S/C19H29N/c1-17(2)7-8-18(3,4)15-10-13-12(9-14(15)17)16(20)11-19(13,5)6/h9-10,16H,7-8,11,20H2,1-6H3/t16-/m0/s1. The van der Waals surface area contributed by atoms with Crippen molar-refractivity contribution in [2.24, 2.45) is 5.73 Å². The first-order valence-corrected chi connectivity index (χ1v) is 8.00. The number of fused-ring (bicyclic) bond motifs is 2. The third-order valence-corrected chi connectivity index (χ3v) is 5.88. The Morgan fingerprint density at radius 1 is 0.800 bits per heavy atom. The summed E-state index contributed by atoms with van der Waals surface area (Å²) in [6, 6.07) is 5.16. The molecule has 110 valence electrons. The summed E-state index contributed by atoms with van der Waals surface area (Å²) in [6.45, 7) is 14.3. The predicted octanol–water partition coefficient (Wildman–Crippen LogP) is 4.72. The van der Waals surface area contributed by atoms with Gasteiger partial charge in [-0.2, -0.15) is 0 Å². The third kappa shape index (κ3) is 1.86. The molecule has 0 heterocycles. The second-order valence-corrected chi connectivity index (χ2v) is 8.95. The minimum Gasteiger partial charge on any atom is -0.324 e. The van der Waals surface area contributed by atoms with Crippen LogP contribution in [0.5, 0.6) is 0 Å². The summed E-state index contributed by atoms with van der Waals surface area (Å²) >= 11 is 0. The highest BCUT2D eigenvalue weighted by Gasteiger charge is 2.42. The van der Waals surface area contributed by atoms with Gasteiger partial charge in [-0.05, 0) is 57.8 Å². The van der Waals surface area contributed by atoms with Crippen molar-refractivity contribution in [2.75, 3.05) is 0 Å². The molecule has 0 saturated heterocycles. The van der Waals surface area contributed by atoms with E-state index in [-0.39, 0.29) is 16.9 Å². The van der Waals surface area contributed by atoms with Gasteiger partial charge in [0.15, 0.2) is 0 Å². The van der Waals surface area contributed by atoms with Gasteiger partial charge in [0.05, 0.1) is 0 Å². The first-order valence-electron chi connectivity index (χ1n) is 8.00. The highest BCUT2D eigenvalue weighted by molar-refractivity contribution is 5.52. The van der Waals surface area contributed by atoms with Gasteiger partial charge in [0.1, 0.15) is 0 Å². The SMILES string of the molecule is CC1(C)C[C@H](N)c2cc3c(cc21)C(C)(C)CCC3(C)C. The van der Waals surface area contributed by atoms with E-state index in [0.29, 0.717) is 5.41 Å². The largest absolute Gasteiger partial charge is 0.324 e. The second kappa shape index (κ2) is 3.88. The molecule has 0 spiro atoms. The van der Waals surface area contributed by atoms with Gasteiger partial charge in [-0.1, -0.05) is 53.7 Å². The van der Waals surface area contributed by atoms with Crippen molar-refractivity contribution in [3.05, 3.63) is 34.4 Å². The molecule has 0 aliphatic heterocycles. The van der Waals surface area contributed by atoms with Crippen molar-refractivity contribution in [1.29, 1.82) is 0 Å². The lowest BCUT2D eigenvalue weighted by molar-refractivity contribution is 0.331. The molecular formula is C19H29N. The van der Waals surface area contributed by atoms with Crippen LogP contribution in [-0.4, -0.2) is 0 Å². The van der Waals surface area contributed by atoms with E-state index in [0.717, 1.165) is 6.42 Å². The highest BCUT2D eigenvalue weighted by atomic mass is 14.7. The van der Waals surface area contributed by atoms with E-state index >= 15 is 0 Å². The Hall–Kier alpha value is -0.820. The number of rotatable bonds is 0. The maximum absolute atomic E-state index is 6.41. The van der Waals surface area contributed by atoms with Crippen LogP contribution in [0.15, 0.2) is 12.1 Å². The Kier molecular flexibility index (Phi) is 2.74. The van der Waals surface area contributed by atoms with Crippen LogP contribution in [0.25, 0.3) is 0 Å². The minimum atomic E-state index is 0.214. The summed E-state index contributed by atoms with van der Waals surface area (Å²) in [7, 11) is 0. The average Bonchev–Trinajstić information content (AvgIpc) is 2.55. The Labute approximate surface area is 124 Å². The lowest BCUT2D eigenvalue weighted by Crippen LogP contribution is -2.34. The van der Waals surface area contributed by atoms with Gasteiger partial charge in [0.25, 0.3) is 0 Å². The smallest absolute Gasteiger partial charge is 0.0306 e.